The molecule has 0 unspecified atom stereocenters. The van der Waals surface area contributed by atoms with Gasteiger partial charge in [0.15, 0.2) is 5.58 Å². The summed E-state index contributed by atoms with van der Waals surface area (Å²) in [6.45, 7) is 0. The van der Waals surface area contributed by atoms with Crippen molar-refractivity contribution in [1.82, 2.24) is 0 Å². The third-order valence-electron chi connectivity index (χ3n) is 15.5. The van der Waals surface area contributed by atoms with Crippen molar-refractivity contribution >= 4 is 82.9 Å². The second-order valence-electron chi connectivity index (χ2n) is 19.0. The lowest BCUT2D eigenvalue weighted by Gasteiger charge is -2.30. The van der Waals surface area contributed by atoms with E-state index in [1.54, 1.807) is 0 Å². The Balaban J connectivity index is 0.948. The molecule has 4 heteroatoms. The molecule has 71 heavy (non-hydrogen) atoms. The first-order chi connectivity index (χ1) is 35.2. The van der Waals surface area contributed by atoms with Crippen LogP contribution in [0.2, 0.25) is 0 Å². The Morgan fingerprint density at radius 3 is 1.58 bits per heavy atom. The molecule has 0 aliphatic heterocycles. The summed E-state index contributed by atoms with van der Waals surface area (Å²) in [5, 5.41) is 6.23. The van der Waals surface area contributed by atoms with Crippen LogP contribution in [0.15, 0.2) is 250 Å². The SMILES string of the molecule is c1ccc(-c2ccc(N(c3ccc4oc5c(-c6ccc7c(c6)C6(c8ccccc8-c8ccccc86)c6ccccc6-7)c6c(cc5c4c3)oc3ccccc36)c3cccc4c3oc3ccccc34)cc2)cc1. The average Bonchev–Trinajstić information content (AvgIpc) is 4.24. The van der Waals surface area contributed by atoms with Crippen LogP contribution >= 0.6 is 0 Å². The second-order valence-corrected chi connectivity index (χ2v) is 19.0. The average molecular weight is 906 g/mol. The molecule has 1 spiro atoms. The van der Waals surface area contributed by atoms with E-state index < -0.39 is 5.41 Å². The van der Waals surface area contributed by atoms with Crippen LogP contribution in [-0.4, -0.2) is 0 Å². The fourth-order valence-electron chi connectivity index (χ4n) is 12.5. The van der Waals surface area contributed by atoms with Gasteiger partial charge in [-0.05, 0) is 122 Å². The first-order valence-electron chi connectivity index (χ1n) is 24.3. The van der Waals surface area contributed by atoms with Crippen LogP contribution in [0.4, 0.5) is 17.1 Å². The minimum Gasteiger partial charge on any atom is -0.456 e. The Morgan fingerprint density at radius 1 is 0.296 bits per heavy atom. The molecule has 0 saturated carbocycles. The standard InChI is InChI=1S/C67H39NO3/c1-2-15-40(16-3-1)41-29-32-43(33-30-41)68(58-26-14-22-50-49-20-7-12-27-59(49)70-65(50)58)44-34-36-61-52(38-44)53-39-62-64(51-21-8-13-28-60(51)69-62)63(66(53)71-61)42-31-35-48-47-19-6-11-25-56(47)67(57(48)37-42)54-23-9-4-17-45(54)46-18-5-10-24-55(46)67/h1-39H. The number of hydrogen-bond acceptors (Lipinski definition) is 4. The van der Waals surface area contributed by atoms with Gasteiger partial charge in [0, 0.05) is 49.3 Å². The maximum Gasteiger partial charge on any atom is 0.159 e. The number of benzene rings is 11. The number of rotatable bonds is 5. The van der Waals surface area contributed by atoms with Crippen molar-refractivity contribution in [2.45, 2.75) is 5.41 Å². The predicted molar refractivity (Wildman–Crippen MR) is 290 cm³/mol. The van der Waals surface area contributed by atoms with Gasteiger partial charge in [-0.25, -0.2) is 0 Å². The Labute approximate surface area is 407 Å². The lowest BCUT2D eigenvalue weighted by atomic mass is 9.70. The summed E-state index contributed by atoms with van der Waals surface area (Å²) in [6, 6.07) is 85.3. The Morgan fingerprint density at radius 2 is 0.845 bits per heavy atom. The lowest BCUT2D eigenvalue weighted by Crippen LogP contribution is -2.25. The number of fused-ring (bicyclic) bond motifs is 19. The van der Waals surface area contributed by atoms with E-state index in [-0.39, 0.29) is 0 Å². The molecule has 0 radical (unpaired) electrons. The second kappa shape index (κ2) is 14.3. The first kappa shape index (κ1) is 38.6. The number of nitrogens with zero attached hydrogens (tertiary/aromatic N) is 1. The van der Waals surface area contributed by atoms with Crippen LogP contribution in [0.3, 0.4) is 0 Å². The summed E-state index contributed by atoms with van der Waals surface area (Å²) in [5.74, 6) is 0. The van der Waals surface area contributed by atoms with Crippen LogP contribution < -0.4 is 4.90 Å². The van der Waals surface area contributed by atoms with Crippen molar-refractivity contribution in [3.05, 3.63) is 259 Å². The maximum atomic E-state index is 7.22. The molecule has 0 amide bonds. The summed E-state index contributed by atoms with van der Waals surface area (Å²) >= 11 is 0. The molecule has 0 saturated heterocycles. The normalized spacial score (nSPS) is 13.2. The molecule has 0 fully saturated rings. The van der Waals surface area contributed by atoms with Gasteiger partial charge in [0.05, 0.1) is 11.1 Å². The molecule has 0 N–H and O–H groups in total. The number of anilines is 3. The topological polar surface area (TPSA) is 42.7 Å². The lowest BCUT2D eigenvalue weighted by molar-refractivity contribution is 0.664. The highest BCUT2D eigenvalue weighted by atomic mass is 16.3. The fraction of sp³-hybridized carbons (Fsp3) is 0.0149. The maximum absolute atomic E-state index is 7.22. The van der Waals surface area contributed by atoms with Crippen molar-refractivity contribution in [3.8, 4) is 44.5 Å². The first-order valence-corrected chi connectivity index (χ1v) is 24.3. The van der Waals surface area contributed by atoms with Crippen molar-refractivity contribution in [2.75, 3.05) is 4.90 Å². The van der Waals surface area contributed by atoms with Gasteiger partial charge in [-0.3, -0.25) is 0 Å². The van der Waals surface area contributed by atoms with E-state index >= 15 is 0 Å². The third kappa shape index (κ3) is 5.23. The molecule has 3 heterocycles. The zero-order chi connectivity index (χ0) is 46.4. The van der Waals surface area contributed by atoms with E-state index in [9.17, 15) is 0 Å². The highest BCUT2D eigenvalue weighted by Gasteiger charge is 2.51. The summed E-state index contributed by atoms with van der Waals surface area (Å²) in [4.78, 5) is 2.31. The summed E-state index contributed by atoms with van der Waals surface area (Å²) in [6.07, 6.45) is 0. The molecule has 16 rings (SSSR count). The van der Waals surface area contributed by atoms with Gasteiger partial charge in [-0.15, -0.1) is 0 Å². The van der Waals surface area contributed by atoms with E-state index in [0.29, 0.717) is 0 Å². The van der Waals surface area contributed by atoms with E-state index in [1.807, 2.05) is 18.2 Å². The van der Waals surface area contributed by atoms with Gasteiger partial charge in [-0.1, -0.05) is 176 Å². The van der Waals surface area contributed by atoms with E-state index in [4.69, 9.17) is 13.3 Å². The monoisotopic (exact) mass is 905 g/mol. The number of hydrogen-bond donors (Lipinski definition) is 0. The van der Waals surface area contributed by atoms with Crippen LogP contribution in [0.1, 0.15) is 22.3 Å². The molecular weight excluding hydrogens is 867 g/mol. The molecule has 2 aliphatic carbocycles. The quantitative estimate of drug-likeness (QED) is 0.173. The molecule has 2 aliphatic rings. The minimum atomic E-state index is -0.491. The molecule has 11 aromatic carbocycles. The van der Waals surface area contributed by atoms with Gasteiger partial charge < -0.3 is 18.2 Å². The highest BCUT2D eigenvalue weighted by molar-refractivity contribution is 6.24. The van der Waals surface area contributed by atoms with Crippen LogP contribution in [0.25, 0.3) is 110 Å². The van der Waals surface area contributed by atoms with Gasteiger partial charge in [0.1, 0.15) is 27.9 Å². The zero-order valence-corrected chi connectivity index (χ0v) is 38.2. The molecule has 3 aromatic heterocycles. The predicted octanol–water partition coefficient (Wildman–Crippen LogP) is 18.5. The van der Waals surface area contributed by atoms with Gasteiger partial charge in [-0.2, -0.15) is 0 Å². The van der Waals surface area contributed by atoms with Crippen LogP contribution in [0.5, 0.6) is 0 Å². The molecule has 14 aromatic rings. The van der Waals surface area contributed by atoms with Crippen LogP contribution in [-0.2, 0) is 5.41 Å². The Hall–Kier alpha value is -9.38. The summed E-state index contributed by atoms with van der Waals surface area (Å²) in [7, 11) is 0. The smallest absolute Gasteiger partial charge is 0.159 e. The van der Waals surface area contributed by atoms with E-state index in [0.717, 1.165) is 99.6 Å². The van der Waals surface area contributed by atoms with Crippen molar-refractivity contribution in [1.29, 1.82) is 0 Å². The fourth-order valence-corrected chi connectivity index (χ4v) is 12.5. The zero-order valence-electron chi connectivity index (χ0n) is 38.2. The van der Waals surface area contributed by atoms with Gasteiger partial charge in [0.2, 0.25) is 0 Å². The van der Waals surface area contributed by atoms with Gasteiger partial charge in [0.25, 0.3) is 0 Å². The molecule has 0 bridgehead atoms. The largest absolute Gasteiger partial charge is 0.456 e. The number of para-hydroxylation sites is 3. The van der Waals surface area contributed by atoms with Crippen molar-refractivity contribution < 1.29 is 13.3 Å². The minimum absolute atomic E-state index is 0.491. The number of furan rings is 3. The molecular formula is C67H39NO3. The summed E-state index contributed by atoms with van der Waals surface area (Å²) < 4.78 is 20.8. The van der Waals surface area contributed by atoms with E-state index in [1.165, 1.54) is 50.1 Å². The van der Waals surface area contributed by atoms with E-state index in [2.05, 4.69) is 223 Å². The van der Waals surface area contributed by atoms with Crippen molar-refractivity contribution in [3.63, 3.8) is 0 Å². The summed E-state index contributed by atoms with van der Waals surface area (Å²) in [5.41, 5.74) is 22.1. The van der Waals surface area contributed by atoms with Gasteiger partial charge >= 0.3 is 0 Å². The highest BCUT2D eigenvalue weighted by Crippen LogP contribution is 2.63. The van der Waals surface area contributed by atoms with Crippen LogP contribution in [0, 0.1) is 0 Å². The third-order valence-corrected chi connectivity index (χ3v) is 15.5. The molecule has 4 nitrogen and oxygen atoms in total. The molecule has 330 valence electrons. The Kier molecular flexibility index (Phi) is 7.79. The Bertz CT molecular complexity index is 4470. The van der Waals surface area contributed by atoms with Crippen molar-refractivity contribution in [2.24, 2.45) is 0 Å². The molecule has 0 atom stereocenters.